The average Bonchev–Trinajstić information content (AvgIpc) is 3.19. The Bertz CT molecular complexity index is 863. The van der Waals surface area contributed by atoms with E-state index >= 15 is 0 Å². The molecule has 0 saturated carbocycles. The molecule has 0 aliphatic carbocycles. The number of carboxylic acids is 2. The molecule has 8 heteroatoms. The SMILES string of the molecule is Fc1ccc(-c2ccccc2CO[C@@H]2CCNC2)c(F)c1.O=C(O)/C=C/C(=O)O. The van der Waals surface area contributed by atoms with E-state index in [0.717, 1.165) is 36.7 Å². The Morgan fingerprint density at radius 3 is 2.34 bits per heavy atom. The van der Waals surface area contributed by atoms with E-state index in [1.807, 2.05) is 24.3 Å². The number of benzene rings is 2. The Morgan fingerprint density at radius 2 is 1.76 bits per heavy atom. The summed E-state index contributed by atoms with van der Waals surface area (Å²) in [6, 6.07) is 11.2. The molecule has 1 heterocycles. The zero-order chi connectivity index (χ0) is 21.2. The molecular weight excluding hydrogens is 384 g/mol. The number of hydrogen-bond acceptors (Lipinski definition) is 4. The zero-order valence-corrected chi connectivity index (χ0v) is 15.5. The highest BCUT2D eigenvalue weighted by Gasteiger charge is 2.16. The van der Waals surface area contributed by atoms with Crippen molar-refractivity contribution in [1.82, 2.24) is 5.32 Å². The molecule has 3 rings (SSSR count). The molecule has 2 aromatic rings. The Hall–Kier alpha value is -3.10. The van der Waals surface area contributed by atoms with Crippen molar-refractivity contribution in [3.8, 4) is 11.1 Å². The number of aliphatic carboxylic acids is 2. The van der Waals surface area contributed by atoms with Crippen molar-refractivity contribution < 1.29 is 33.3 Å². The zero-order valence-electron chi connectivity index (χ0n) is 15.5. The Morgan fingerprint density at radius 1 is 1.07 bits per heavy atom. The maximum atomic E-state index is 14.0. The van der Waals surface area contributed by atoms with Gasteiger partial charge in [0.15, 0.2) is 0 Å². The fourth-order valence-corrected chi connectivity index (χ4v) is 2.74. The van der Waals surface area contributed by atoms with Gasteiger partial charge in [-0.1, -0.05) is 24.3 Å². The molecule has 0 unspecified atom stereocenters. The molecular formula is C21H21F2NO5. The van der Waals surface area contributed by atoms with Crippen molar-refractivity contribution >= 4 is 11.9 Å². The molecule has 3 N–H and O–H groups in total. The Balaban J connectivity index is 0.000000321. The van der Waals surface area contributed by atoms with Gasteiger partial charge in [-0.3, -0.25) is 0 Å². The van der Waals surface area contributed by atoms with Gasteiger partial charge >= 0.3 is 11.9 Å². The lowest BCUT2D eigenvalue weighted by molar-refractivity contribution is -0.134. The molecule has 2 aromatic carbocycles. The van der Waals surface area contributed by atoms with Crippen LogP contribution in [0.25, 0.3) is 11.1 Å². The third kappa shape index (κ3) is 7.44. The van der Waals surface area contributed by atoms with Gasteiger partial charge in [-0.2, -0.15) is 0 Å². The lowest BCUT2D eigenvalue weighted by atomic mass is 9.99. The number of carbonyl (C=O) groups is 2. The summed E-state index contributed by atoms with van der Waals surface area (Å²) < 4.78 is 32.9. The van der Waals surface area contributed by atoms with E-state index in [4.69, 9.17) is 14.9 Å². The fourth-order valence-electron chi connectivity index (χ4n) is 2.74. The highest BCUT2D eigenvalue weighted by atomic mass is 19.1. The molecule has 0 amide bonds. The Kier molecular flexibility index (Phi) is 8.45. The predicted molar refractivity (Wildman–Crippen MR) is 102 cm³/mol. The number of ether oxygens (including phenoxy) is 1. The first-order valence-electron chi connectivity index (χ1n) is 8.86. The molecule has 1 saturated heterocycles. The van der Waals surface area contributed by atoms with Crippen LogP contribution in [0.5, 0.6) is 0 Å². The summed E-state index contributed by atoms with van der Waals surface area (Å²) in [6.45, 7) is 2.26. The number of hydrogen-bond donors (Lipinski definition) is 3. The summed E-state index contributed by atoms with van der Waals surface area (Å²) in [5.41, 5.74) is 2.07. The third-order valence-electron chi connectivity index (χ3n) is 4.10. The maximum Gasteiger partial charge on any atom is 0.328 e. The Labute approximate surface area is 166 Å². The summed E-state index contributed by atoms with van der Waals surface area (Å²) >= 11 is 0. The normalized spacial score (nSPS) is 15.7. The minimum absolute atomic E-state index is 0.205. The number of rotatable bonds is 6. The van der Waals surface area contributed by atoms with Crippen LogP contribution in [-0.4, -0.2) is 41.3 Å². The summed E-state index contributed by atoms with van der Waals surface area (Å²) in [7, 11) is 0. The van der Waals surface area contributed by atoms with Crippen LogP contribution in [0, 0.1) is 11.6 Å². The highest BCUT2D eigenvalue weighted by Crippen LogP contribution is 2.27. The van der Waals surface area contributed by atoms with Crippen LogP contribution >= 0.6 is 0 Å². The van der Waals surface area contributed by atoms with E-state index in [-0.39, 0.29) is 6.10 Å². The second-order valence-corrected chi connectivity index (χ2v) is 6.22. The lowest BCUT2D eigenvalue weighted by Crippen LogP contribution is -2.16. The van der Waals surface area contributed by atoms with E-state index in [1.165, 1.54) is 12.1 Å². The van der Waals surface area contributed by atoms with Crippen LogP contribution in [0.3, 0.4) is 0 Å². The van der Waals surface area contributed by atoms with Crippen molar-refractivity contribution in [1.29, 1.82) is 0 Å². The quantitative estimate of drug-likeness (QED) is 0.639. The largest absolute Gasteiger partial charge is 0.478 e. The molecule has 1 aliphatic heterocycles. The van der Waals surface area contributed by atoms with Gasteiger partial charge in [0.1, 0.15) is 11.6 Å². The molecule has 1 atom stereocenters. The first-order valence-corrected chi connectivity index (χ1v) is 8.86. The van der Waals surface area contributed by atoms with E-state index in [2.05, 4.69) is 5.32 Å². The molecule has 0 bridgehead atoms. The van der Waals surface area contributed by atoms with Crippen molar-refractivity contribution in [2.24, 2.45) is 0 Å². The van der Waals surface area contributed by atoms with Crippen molar-refractivity contribution in [2.75, 3.05) is 13.1 Å². The first-order chi connectivity index (χ1) is 13.9. The van der Waals surface area contributed by atoms with Gasteiger partial charge in [-0.05, 0) is 36.2 Å². The predicted octanol–water partition coefficient (Wildman–Crippen LogP) is 3.22. The summed E-state index contributed by atoms with van der Waals surface area (Å²) in [5.74, 6) is -3.63. The maximum absolute atomic E-state index is 14.0. The topological polar surface area (TPSA) is 95.9 Å². The van der Waals surface area contributed by atoms with E-state index < -0.39 is 23.6 Å². The van der Waals surface area contributed by atoms with Gasteiger partial charge in [0.2, 0.25) is 0 Å². The first kappa shape index (κ1) is 22.2. The lowest BCUT2D eigenvalue weighted by Gasteiger charge is -2.14. The molecule has 1 fully saturated rings. The molecule has 0 radical (unpaired) electrons. The number of nitrogens with one attached hydrogen (secondary N) is 1. The van der Waals surface area contributed by atoms with Crippen LogP contribution in [0.1, 0.15) is 12.0 Å². The van der Waals surface area contributed by atoms with Crippen LogP contribution in [0.2, 0.25) is 0 Å². The van der Waals surface area contributed by atoms with Gasteiger partial charge < -0.3 is 20.3 Å². The molecule has 0 spiro atoms. The minimum Gasteiger partial charge on any atom is -0.478 e. The number of halogens is 2. The van der Waals surface area contributed by atoms with Gasteiger partial charge in [-0.15, -0.1) is 0 Å². The van der Waals surface area contributed by atoms with E-state index in [9.17, 15) is 18.4 Å². The molecule has 6 nitrogen and oxygen atoms in total. The standard InChI is InChI=1S/C17H17F2NO.C4H4O4/c18-13-5-6-16(17(19)9-13)15-4-2-1-3-12(15)11-21-14-7-8-20-10-14;5-3(6)1-2-4(7)8/h1-6,9,14,20H,7-8,10-11H2;1-2H,(H,5,6)(H,7,8)/b;2-1+/t14-;/m1./s1. The smallest absolute Gasteiger partial charge is 0.328 e. The highest BCUT2D eigenvalue weighted by molar-refractivity contribution is 5.89. The van der Waals surface area contributed by atoms with E-state index in [0.29, 0.717) is 24.3 Å². The van der Waals surface area contributed by atoms with Gasteiger partial charge in [0.25, 0.3) is 0 Å². The molecule has 29 heavy (non-hydrogen) atoms. The van der Waals surface area contributed by atoms with Crippen LogP contribution in [0.15, 0.2) is 54.6 Å². The van der Waals surface area contributed by atoms with Crippen molar-refractivity contribution in [3.05, 3.63) is 71.8 Å². The molecule has 0 aromatic heterocycles. The van der Waals surface area contributed by atoms with Gasteiger partial charge in [0.05, 0.1) is 12.7 Å². The van der Waals surface area contributed by atoms with Crippen LogP contribution in [0.4, 0.5) is 8.78 Å². The van der Waals surface area contributed by atoms with Crippen LogP contribution in [-0.2, 0) is 20.9 Å². The van der Waals surface area contributed by atoms with Gasteiger partial charge in [-0.25, -0.2) is 18.4 Å². The average molecular weight is 405 g/mol. The second kappa shape index (κ2) is 11.0. The van der Waals surface area contributed by atoms with Crippen molar-refractivity contribution in [3.63, 3.8) is 0 Å². The fraction of sp³-hybridized carbons (Fsp3) is 0.238. The number of carboxylic acid groups (broad SMARTS) is 2. The van der Waals surface area contributed by atoms with Gasteiger partial charge in [0, 0.05) is 30.3 Å². The minimum atomic E-state index is -1.26. The molecule has 154 valence electrons. The summed E-state index contributed by atoms with van der Waals surface area (Å²) in [4.78, 5) is 19.1. The van der Waals surface area contributed by atoms with E-state index in [1.54, 1.807) is 0 Å². The van der Waals surface area contributed by atoms with Crippen LogP contribution < -0.4 is 5.32 Å². The molecule has 1 aliphatic rings. The third-order valence-corrected chi connectivity index (χ3v) is 4.10. The summed E-state index contributed by atoms with van der Waals surface area (Å²) in [5, 5.41) is 18.9. The second-order valence-electron chi connectivity index (χ2n) is 6.22. The monoisotopic (exact) mass is 405 g/mol. The van der Waals surface area contributed by atoms with Crippen molar-refractivity contribution in [2.45, 2.75) is 19.1 Å². The summed E-state index contributed by atoms with van der Waals surface area (Å²) in [6.07, 6.45) is 2.31.